The van der Waals surface area contributed by atoms with Crippen LogP contribution in [0.5, 0.6) is 0 Å². The van der Waals surface area contributed by atoms with Gasteiger partial charge in [-0.3, -0.25) is 9.59 Å². The first-order chi connectivity index (χ1) is 13.8. The van der Waals surface area contributed by atoms with Crippen molar-refractivity contribution < 1.29 is 14.3 Å². The van der Waals surface area contributed by atoms with Gasteiger partial charge < -0.3 is 14.6 Å². The molecule has 0 saturated heterocycles. The Morgan fingerprint density at radius 1 is 1.14 bits per heavy atom. The van der Waals surface area contributed by atoms with Crippen LogP contribution < -0.4 is 10.9 Å². The number of esters is 1. The van der Waals surface area contributed by atoms with Crippen molar-refractivity contribution in [3.8, 4) is 0 Å². The van der Waals surface area contributed by atoms with Crippen LogP contribution >= 0.6 is 0 Å². The molecule has 7 nitrogen and oxygen atoms in total. The summed E-state index contributed by atoms with van der Waals surface area (Å²) in [6, 6.07) is 10.4. The van der Waals surface area contributed by atoms with E-state index in [0.29, 0.717) is 29.0 Å². The molecule has 150 valence electrons. The van der Waals surface area contributed by atoms with E-state index in [-0.39, 0.29) is 11.1 Å². The van der Waals surface area contributed by atoms with Gasteiger partial charge in [0.15, 0.2) is 6.61 Å². The van der Waals surface area contributed by atoms with E-state index in [1.807, 2.05) is 32.9 Å². The topological polar surface area (TPSA) is 90.3 Å². The summed E-state index contributed by atoms with van der Waals surface area (Å²) in [5.41, 5.74) is 4.36. The zero-order valence-electron chi connectivity index (χ0n) is 16.9. The highest BCUT2D eigenvalue weighted by molar-refractivity contribution is 5.97. The maximum Gasteiger partial charge on any atom is 0.338 e. The second kappa shape index (κ2) is 8.26. The van der Waals surface area contributed by atoms with Crippen LogP contribution in [0.4, 0.5) is 5.69 Å². The van der Waals surface area contributed by atoms with Gasteiger partial charge >= 0.3 is 5.97 Å². The highest BCUT2D eigenvalue weighted by atomic mass is 16.5. The Morgan fingerprint density at radius 2 is 1.90 bits per heavy atom. The number of aromatic nitrogens is 2. The maximum atomic E-state index is 12.4. The van der Waals surface area contributed by atoms with E-state index in [9.17, 15) is 14.4 Å². The number of aryl methyl sites for hydroxylation is 3. The first-order valence-electron chi connectivity index (χ1n) is 9.36. The highest BCUT2D eigenvalue weighted by Gasteiger charge is 2.14. The summed E-state index contributed by atoms with van der Waals surface area (Å²) >= 11 is 0. The predicted octanol–water partition coefficient (Wildman–Crippen LogP) is 3.14. The van der Waals surface area contributed by atoms with E-state index < -0.39 is 18.5 Å². The number of hydrogen-bond donors (Lipinski definition) is 1. The van der Waals surface area contributed by atoms with Crippen LogP contribution in [0.3, 0.4) is 0 Å². The minimum atomic E-state index is -0.628. The van der Waals surface area contributed by atoms with E-state index in [2.05, 4.69) is 10.3 Å². The Bertz CT molecular complexity index is 1160. The van der Waals surface area contributed by atoms with Gasteiger partial charge in [0.2, 0.25) is 0 Å². The second-order valence-electron chi connectivity index (χ2n) is 6.82. The molecule has 3 rings (SSSR count). The number of rotatable bonds is 5. The van der Waals surface area contributed by atoms with Crippen molar-refractivity contribution >= 4 is 28.6 Å². The molecule has 0 unspecified atom stereocenters. The largest absolute Gasteiger partial charge is 0.452 e. The normalized spacial score (nSPS) is 10.8. The molecule has 1 N–H and O–H groups in total. The molecule has 2 aromatic carbocycles. The summed E-state index contributed by atoms with van der Waals surface area (Å²) < 4.78 is 6.75. The number of nitrogens with zero attached hydrogens (tertiary/aromatic N) is 2. The Hall–Kier alpha value is -3.48. The van der Waals surface area contributed by atoms with Crippen LogP contribution in [0, 0.1) is 20.8 Å². The summed E-state index contributed by atoms with van der Waals surface area (Å²) in [6.45, 7) is 7.48. The van der Waals surface area contributed by atoms with Gasteiger partial charge in [-0.05, 0) is 63.1 Å². The van der Waals surface area contributed by atoms with Gasteiger partial charge in [-0.25, -0.2) is 9.78 Å². The van der Waals surface area contributed by atoms with Crippen molar-refractivity contribution in [2.45, 2.75) is 34.2 Å². The predicted molar refractivity (Wildman–Crippen MR) is 111 cm³/mol. The van der Waals surface area contributed by atoms with Crippen molar-refractivity contribution in [3.05, 3.63) is 69.1 Å². The lowest BCUT2D eigenvalue weighted by molar-refractivity contribution is -0.119. The monoisotopic (exact) mass is 393 g/mol. The number of carbonyl (C=O) groups excluding carboxylic acids is 2. The summed E-state index contributed by atoms with van der Waals surface area (Å²) in [5.74, 6) is -1.04. The van der Waals surface area contributed by atoms with Crippen LogP contribution in [0.2, 0.25) is 0 Å². The molecule has 29 heavy (non-hydrogen) atoms. The van der Waals surface area contributed by atoms with Gasteiger partial charge in [0, 0.05) is 12.2 Å². The Balaban J connectivity index is 1.73. The third-order valence-electron chi connectivity index (χ3n) is 4.87. The first-order valence-corrected chi connectivity index (χ1v) is 9.36. The molecule has 7 heteroatoms. The lowest BCUT2D eigenvalue weighted by atomic mass is 10.1. The number of amides is 1. The molecule has 1 aromatic heterocycles. The molecule has 0 spiro atoms. The molecule has 0 aliphatic carbocycles. The van der Waals surface area contributed by atoms with Gasteiger partial charge in [0.1, 0.15) is 5.69 Å². The van der Waals surface area contributed by atoms with E-state index >= 15 is 0 Å². The molecule has 0 saturated carbocycles. The van der Waals surface area contributed by atoms with Gasteiger partial charge in [-0.2, -0.15) is 0 Å². The minimum absolute atomic E-state index is 0.154. The second-order valence-corrected chi connectivity index (χ2v) is 6.82. The first kappa shape index (κ1) is 20.3. The van der Waals surface area contributed by atoms with E-state index in [0.717, 1.165) is 11.1 Å². The quantitative estimate of drug-likeness (QED) is 0.673. The number of ether oxygens (including phenoxy) is 1. The number of benzene rings is 2. The zero-order chi connectivity index (χ0) is 21.1. The molecule has 3 aromatic rings. The summed E-state index contributed by atoms with van der Waals surface area (Å²) in [5, 5.41) is 2.75. The molecular formula is C22H23N3O4. The number of anilines is 1. The fourth-order valence-electron chi connectivity index (χ4n) is 3.10. The summed E-state index contributed by atoms with van der Waals surface area (Å²) in [6.07, 6.45) is 0. The van der Waals surface area contributed by atoms with Crippen molar-refractivity contribution in [1.29, 1.82) is 0 Å². The van der Waals surface area contributed by atoms with Crippen molar-refractivity contribution in [2.24, 2.45) is 0 Å². The van der Waals surface area contributed by atoms with E-state index in [1.54, 1.807) is 35.8 Å². The van der Waals surface area contributed by atoms with Crippen LogP contribution in [0.25, 0.3) is 11.0 Å². The average Bonchev–Trinajstić information content (AvgIpc) is 2.70. The highest BCUT2D eigenvalue weighted by Crippen LogP contribution is 2.18. The third-order valence-corrected chi connectivity index (χ3v) is 4.87. The van der Waals surface area contributed by atoms with Crippen LogP contribution in [0.15, 0.2) is 41.2 Å². The average molecular weight is 393 g/mol. The summed E-state index contributed by atoms with van der Waals surface area (Å²) in [4.78, 5) is 41.0. The summed E-state index contributed by atoms with van der Waals surface area (Å²) in [7, 11) is 0. The molecule has 1 heterocycles. The Kier molecular flexibility index (Phi) is 5.77. The fourth-order valence-corrected chi connectivity index (χ4v) is 3.10. The van der Waals surface area contributed by atoms with Gasteiger partial charge in [0.05, 0.1) is 16.6 Å². The number of nitrogens with one attached hydrogen (secondary N) is 1. The van der Waals surface area contributed by atoms with Crippen LogP contribution in [0.1, 0.15) is 34.1 Å². The molecule has 0 atom stereocenters. The van der Waals surface area contributed by atoms with Gasteiger partial charge in [-0.15, -0.1) is 0 Å². The van der Waals surface area contributed by atoms with E-state index in [1.165, 1.54) is 0 Å². The van der Waals surface area contributed by atoms with Gasteiger partial charge in [0.25, 0.3) is 11.5 Å². The molecule has 0 aliphatic rings. The van der Waals surface area contributed by atoms with Gasteiger partial charge in [-0.1, -0.05) is 12.1 Å². The molecule has 0 radical (unpaired) electrons. The lowest BCUT2D eigenvalue weighted by Crippen LogP contribution is -2.24. The standard InChI is InChI=1S/C22H23N3O4/c1-5-25-19-10-9-16(11-18(19)23-15(4)21(25)27)22(28)29-12-20(26)24-17-8-6-7-13(2)14(17)3/h6-11H,5,12H2,1-4H3,(H,24,26). The number of carbonyl (C=O) groups is 2. The Labute approximate surface area is 168 Å². The number of fused-ring (bicyclic) bond motifs is 1. The smallest absolute Gasteiger partial charge is 0.338 e. The lowest BCUT2D eigenvalue weighted by Gasteiger charge is -2.11. The van der Waals surface area contributed by atoms with Crippen LogP contribution in [-0.2, 0) is 16.1 Å². The van der Waals surface area contributed by atoms with Crippen molar-refractivity contribution in [1.82, 2.24) is 9.55 Å². The minimum Gasteiger partial charge on any atom is -0.452 e. The molecule has 0 bridgehead atoms. The zero-order valence-corrected chi connectivity index (χ0v) is 16.9. The SMILES string of the molecule is CCn1c(=O)c(C)nc2cc(C(=O)OCC(=O)Nc3cccc(C)c3C)ccc21. The van der Waals surface area contributed by atoms with E-state index in [4.69, 9.17) is 4.74 Å². The van der Waals surface area contributed by atoms with Crippen LogP contribution in [-0.4, -0.2) is 28.0 Å². The molecule has 0 aliphatic heterocycles. The maximum absolute atomic E-state index is 12.4. The molecular weight excluding hydrogens is 370 g/mol. The molecule has 1 amide bonds. The Morgan fingerprint density at radius 3 is 2.62 bits per heavy atom. The van der Waals surface area contributed by atoms with Crippen molar-refractivity contribution in [2.75, 3.05) is 11.9 Å². The molecule has 0 fully saturated rings. The third kappa shape index (κ3) is 4.18. The number of hydrogen-bond acceptors (Lipinski definition) is 5. The van der Waals surface area contributed by atoms with Crippen molar-refractivity contribution in [3.63, 3.8) is 0 Å². The fraction of sp³-hybridized carbons (Fsp3) is 0.273.